The molecule has 14 heavy (non-hydrogen) atoms. The SMILES string of the molecule is CCc1nc(COC)c2[nH]cnc2n1. The van der Waals surface area contributed by atoms with Crippen molar-refractivity contribution in [3.63, 3.8) is 0 Å². The van der Waals surface area contributed by atoms with Crippen molar-refractivity contribution in [3.05, 3.63) is 17.8 Å². The van der Waals surface area contributed by atoms with Gasteiger partial charge < -0.3 is 9.72 Å². The molecule has 0 aliphatic heterocycles. The number of imidazole rings is 1. The molecule has 0 atom stereocenters. The Bertz CT molecular complexity index is 437. The van der Waals surface area contributed by atoms with E-state index in [1.165, 1.54) is 0 Å². The fourth-order valence-corrected chi connectivity index (χ4v) is 1.34. The van der Waals surface area contributed by atoms with Crippen LogP contribution in [0.25, 0.3) is 11.2 Å². The van der Waals surface area contributed by atoms with Crippen molar-refractivity contribution in [2.75, 3.05) is 7.11 Å². The van der Waals surface area contributed by atoms with Crippen molar-refractivity contribution in [3.8, 4) is 0 Å². The zero-order chi connectivity index (χ0) is 9.97. The predicted octanol–water partition coefficient (Wildman–Crippen LogP) is 1.06. The number of nitrogens with zero attached hydrogens (tertiary/aromatic N) is 3. The van der Waals surface area contributed by atoms with Crippen LogP contribution in [0.4, 0.5) is 0 Å². The maximum atomic E-state index is 5.07. The maximum absolute atomic E-state index is 5.07. The molecule has 0 spiro atoms. The Morgan fingerprint density at radius 1 is 1.43 bits per heavy atom. The molecule has 0 radical (unpaired) electrons. The van der Waals surface area contributed by atoms with Crippen LogP contribution in [0.5, 0.6) is 0 Å². The van der Waals surface area contributed by atoms with Gasteiger partial charge in [0.05, 0.1) is 18.6 Å². The first-order valence-electron chi connectivity index (χ1n) is 4.53. The molecule has 0 aliphatic carbocycles. The van der Waals surface area contributed by atoms with E-state index in [1.807, 2.05) is 6.92 Å². The van der Waals surface area contributed by atoms with E-state index in [2.05, 4.69) is 19.9 Å². The monoisotopic (exact) mass is 192 g/mol. The van der Waals surface area contributed by atoms with Gasteiger partial charge in [-0.1, -0.05) is 6.92 Å². The topological polar surface area (TPSA) is 63.7 Å². The Morgan fingerprint density at radius 2 is 2.29 bits per heavy atom. The van der Waals surface area contributed by atoms with Crippen LogP contribution in [0.2, 0.25) is 0 Å². The lowest BCUT2D eigenvalue weighted by Gasteiger charge is -2.02. The fraction of sp³-hybridized carbons (Fsp3) is 0.444. The largest absolute Gasteiger partial charge is 0.378 e. The van der Waals surface area contributed by atoms with Crippen molar-refractivity contribution < 1.29 is 4.74 Å². The zero-order valence-corrected chi connectivity index (χ0v) is 8.24. The lowest BCUT2D eigenvalue weighted by atomic mass is 10.3. The minimum absolute atomic E-state index is 0.480. The van der Waals surface area contributed by atoms with Gasteiger partial charge in [-0.25, -0.2) is 15.0 Å². The van der Waals surface area contributed by atoms with Gasteiger partial charge in [-0.3, -0.25) is 0 Å². The van der Waals surface area contributed by atoms with E-state index >= 15 is 0 Å². The summed E-state index contributed by atoms with van der Waals surface area (Å²) in [7, 11) is 1.65. The third-order valence-corrected chi connectivity index (χ3v) is 2.00. The fourth-order valence-electron chi connectivity index (χ4n) is 1.34. The number of H-pyrrole nitrogens is 1. The van der Waals surface area contributed by atoms with Crippen molar-refractivity contribution in [1.82, 2.24) is 19.9 Å². The lowest BCUT2D eigenvalue weighted by molar-refractivity contribution is 0.182. The van der Waals surface area contributed by atoms with Gasteiger partial charge in [0.25, 0.3) is 0 Å². The van der Waals surface area contributed by atoms with E-state index in [4.69, 9.17) is 4.74 Å². The summed E-state index contributed by atoms with van der Waals surface area (Å²) in [5.74, 6) is 0.802. The molecule has 0 fully saturated rings. The summed E-state index contributed by atoms with van der Waals surface area (Å²) in [6, 6.07) is 0. The van der Waals surface area contributed by atoms with Crippen LogP contribution < -0.4 is 0 Å². The van der Waals surface area contributed by atoms with Crippen molar-refractivity contribution in [1.29, 1.82) is 0 Å². The molecule has 0 saturated carbocycles. The zero-order valence-electron chi connectivity index (χ0n) is 8.24. The summed E-state index contributed by atoms with van der Waals surface area (Å²) in [6.07, 6.45) is 2.43. The number of rotatable bonds is 3. The third-order valence-electron chi connectivity index (χ3n) is 2.00. The summed E-state index contributed by atoms with van der Waals surface area (Å²) >= 11 is 0. The van der Waals surface area contributed by atoms with Gasteiger partial charge in [-0.15, -0.1) is 0 Å². The molecule has 0 unspecified atom stereocenters. The van der Waals surface area contributed by atoms with Gasteiger partial charge in [0.1, 0.15) is 11.3 Å². The molecule has 2 rings (SSSR count). The molecule has 0 bridgehead atoms. The van der Waals surface area contributed by atoms with Crippen LogP contribution in [-0.4, -0.2) is 27.0 Å². The number of aromatic amines is 1. The Balaban J connectivity index is 2.58. The van der Waals surface area contributed by atoms with E-state index in [1.54, 1.807) is 13.4 Å². The van der Waals surface area contributed by atoms with Crippen LogP contribution in [0, 0.1) is 0 Å². The lowest BCUT2D eigenvalue weighted by Crippen LogP contribution is -2.01. The highest BCUT2D eigenvalue weighted by Gasteiger charge is 2.08. The molecular formula is C9H12N4O. The summed E-state index contributed by atoms with van der Waals surface area (Å²) in [4.78, 5) is 15.8. The molecule has 5 nitrogen and oxygen atoms in total. The van der Waals surface area contributed by atoms with Crippen LogP contribution >= 0.6 is 0 Å². The highest BCUT2D eigenvalue weighted by molar-refractivity contribution is 5.72. The summed E-state index contributed by atoms with van der Waals surface area (Å²) in [5.41, 5.74) is 2.44. The second-order valence-corrected chi connectivity index (χ2v) is 2.97. The molecule has 74 valence electrons. The Kier molecular flexibility index (Phi) is 2.41. The van der Waals surface area contributed by atoms with Gasteiger partial charge in [0, 0.05) is 13.5 Å². The number of methoxy groups -OCH3 is 1. The maximum Gasteiger partial charge on any atom is 0.181 e. The standard InChI is InChI=1S/C9H12N4O/c1-3-7-12-6(4-14-2)8-9(13-7)11-5-10-8/h5H,3-4H2,1-2H3,(H,10,11,12,13). The van der Waals surface area contributed by atoms with E-state index in [-0.39, 0.29) is 0 Å². The van der Waals surface area contributed by atoms with Crippen LogP contribution in [0.3, 0.4) is 0 Å². The Hall–Kier alpha value is -1.49. The molecule has 2 aromatic heterocycles. The molecule has 2 heterocycles. The first kappa shape index (κ1) is 9.08. The second-order valence-electron chi connectivity index (χ2n) is 2.97. The summed E-state index contributed by atoms with van der Waals surface area (Å²) in [6.45, 7) is 2.50. The average molecular weight is 192 g/mol. The predicted molar refractivity (Wildman–Crippen MR) is 51.8 cm³/mol. The molecule has 2 aromatic rings. The second kappa shape index (κ2) is 3.71. The minimum Gasteiger partial charge on any atom is -0.378 e. The van der Waals surface area contributed by atoms with Crippen LogP contribution in [-0.2, 0) is 17.8 Å². The highest BCUT2D eigenvalue weighted by Crippen LogP contribution is 2.12. The summed E-state index contributed by atoms with van der Waals surface area (Å²) in [5, 5.41) is 0. The Morgan fingerprint density at radius 3 is 3.00 bits per heavy atom. The highest BCUT2D eigenvalue weighted by atomic mass is 16.5. The number of ether oxygens (including phenoxy) is 1. The van der Waals surface area contributed by atoms with E-state index in [9.17, 15) is 0 Å². The summed E-state index contributed by atoms with van der Waals surface area (Å²) < 4.78 is 5.07. The normalized spacial score (nSPS) is 11.0. The minimum atomic E-state index is 0.480. The molecule has 0 amide bonds. The first-order chi connectivity index (χ1) is 6.85. The van der Waals surface area contributed by atoms with E-state index in [0.29, 0.717) is 12.3 Å². The number of fused-ring (bicyclic) bond motifs is 1. The van der Waals surface area contributed by atoms with Gasteiger partial charge >= 0.3 is 0 Å². The smallest absolute Gasteiger partial charge is 0.181 e. The molecule has 1 N–H and O–H groups in total. The number of nitrogens with one attached hydrogen (secondary N) is 1. The van der Waals surface area contributed by atoms with Gasteiger partial charge in [-0.05, 0) is 0 Å². The molecule has 5 heteroatoms. The molecule has 0 aromatic carbocycles. The van der Waals surface area contributed by atoms with E-state index in [0.717, 1.165) is 23.5 Å². The molecule has 0 saturated heterocycles. The quantitative estimate of drug-likeness (QED) is 0.789. The van der Waals surface area contributed by atoms with Gasteiger partial charge in [0.2, 0.25) is 0 Å². The van der Waals surface area contributed by atoms with E-state index < -0.39 is 0 Å². The number of hydrogen-bond donors (Lipinski definition) is 1. The van der Waals surface area contributed by atoms with Crippen molar-refractivity contribution in [2.45, 2.75) is 20.0 Å². The average Bonchev–Trinajstić information content (AvgIpc) is 2.66. The van der Waals surface area contributed by atoms with Crippen LogP contribution in [0.1, 0.15) is 18.4 Å². The van der Waals surface area contributed by atoms with Crippen LogP contribution in [0.15, 0.2) is 6.33 Å². The first-order valence-corrected chi connectivity index (χ1v) is 4.53. The molecular weight excluding hydrogens is 180 g/mol. The number of aromatic nitrogens is 4. The Labute approximate surface area is 81.6 Å². The van der Waals surface area contributed by atoms with Gasteiger partial charge in [0.15, 0.2) is 5.65 Å². The number of hydrogen-bond acceptors (Lipinski definition) is 4. The van der Waals surface area contributed by atoms with Gasteiger partial charge in [-0.2, -0.15) is 0 Å². The molecule has 0 aliphatic rings. The van der Waals surface area contributed by atoms with Crippen molar-refractivity contribution >= 4 is 11.2 Å². The third kappa shape index (κ3) is 1.46. The number of aryl methyl sites for hydroxylation is 1. The van der Waals surface area contributed by atoms with Crippen molar-refractivity contribution in [2.24, 2.45) is 0 Å².